The minimum atomic E-state index is -0.421. The first-order chi connectivity index (χ1) is 22.9. The quantitative estimate of drug-likeness (QED) is 0.145. The summed E-state index contributed by atoms with van der Waals surface area (Å²) in [4.78, 5) is 34.1. The van der Waals surface area contributed by atoms with Crippen LogP contribution in [0.25, 0.3) is 11.6 Å². The van der Waals surface area contributed by atoms with Gasteiger partial charge in [0.15, 0.2) is 0 Å². The van der Waals surface area contributed by atoms with Crippen LogP contribution in [-0.4, -0.2) is 34.6 Å². The number of fused-ring (bicyclic) bond motifs is 3. The number of benzene rings is 3. The highest BCUT2D eigenvalue weighted by atomic mass is 16.5. The van der Waals surface area contributed by atoms with Gasteiger partial charge in [0.1, 0.15) is 5.75 Å². The van der Waals surface area contributed by atoms with Gasteiger partial charge in [0.25, 0.3) is 0 Å². The van der Waals surface area contributed by atoms with Crippen LogP contribution in [0.3, 0.4) is 0 Å². The maximum absolute atomic E-state index is 14.1. The van der Waals surface area contributed by atoms with Crippen molar-refractivity contribution in [2.45, 2.75) is 39.2 Å². The van der Waals surface area contributed by atoms with Gasteiger partial charge in [-0.1, -0.05) is 55.8 Å². The van der Waals surface area contributed by atoms with E-state index in [4.69, 9.17) is 4.74 Å². The number of nitrogens with one attached hydrogen (secondary N) is 1. The Kier molecular flexibility index (Phi) is 8.48. The number of carbonyl (C=O) groups is 2. The second kappa shape index (κ2) is 13.0. The molecule has 1 aliphatic carbocycles. The molecule has 4 atom stereocenters. The summed E-state index contributed by atoms with van der Waals surface area (Å²) in [5.74, 6) is -0.687. The highest BCUT2D eigenvalue weighted by molar-refractivity contribution is 6.22. The molecule has 0 unspecified atom stereocenters. The van der Waals surface area contributed by atoms with Crippen LogP contribution < -0.4 is 10.2 Å². The van der Waals surface area contributed by atoms with Crippen molar-refractivity contribution in [1.29, 1.82) is 0 Å². The fourth-order valence-electron chi connectivity index (χ4n) is 7.48. The first-order valence-electron chi connectivity index (χ1n) is 16.4. The second-order valence-corrected chi connectivity index (χ2v) is 13.0. The predicted octanol–water partition coefficient (Wildman–Crippen LogP) is 8.03. The minimum absolute atomic E-state index is 0.112. The number of ether oxygens (including phenoxy) is 1. The molecule has 1 aromatic heterocycles. The molecule has 0 bridgehead atoms. The molecule has 7 rings (SSSR count). The smallest absolute Gasteiger partial charge is 0.238 e. The first-order valence-corrected chi connectivity index (χ1v) is 16.4. The molecular weight excluding hydrogens is 586 g/mol. The van der Waals surface area contributed by atoms with Crippen molar-refractivity contribution in [1.82, 2.24) is 4.98 Å². The third-order valence-electron chi connectivity index (χ3n) is 9.73. The Bertz CT molecular complexity index is 1820. The fourth-order valence-corrected chi connectivity index (χ4v) is 7.48. The number of phenols is 1. The van der Waals surface area contributed by atoms with E-state index in [2.05, 4.69) is 30.2 Å². The highest BCUT2D eigenvalue weighted by Crippen LogP contribution is 2.52. The van der Waals surface area contributed by atoms with Crippen LogP contribution in [0.2, 0.25) is 0 Å². The number of aromatic nitrogens is 1. The van der Waals surface area contributed by atoms with Crippen molar-refractivity contribution in [3.05, 3.63) is 126 Å². The number of rotatable bonds is 9. The zero-order valence-electron chi connectivity index (χ0n) is 26.7. The average molecular weight is 626 g/mol. The minimum Gasteiger partial charge on any atom is -0.508 e. The molecule has 0 saturated carbocycles. The molecule has 238 valence electrons. The van der Waals surface area contributed by atoms with Crippen LogP contribution in [0.15, 0.2) is 114 Å². The van der Waals surface area contributed by atoms with Gasteiger partial charge in [0, 0.05) is 23.5 Å². The van der Waals surface area contributed by atoms with E-state index in [0.29, 0.717) is 18.7 Å². The van der Waals surface area contributed by atoms with Gasteiger partial charge >= 0.3 is 0 Å². The molecule has 7 nitrogen and oxygen atoms in total. The monoisotopic (exact) mass is 625 g/mol. The number of imide groups is 1. The third kappa shape index (κ3) is 6.11. The molecule has 7 heteroatoms. The number of anilines is 3. The van der Waals surface area contributed by atoms with Crippen LogP contribution in [-0.2, 0) is 14.3 Å². The number of pyridine rings is 1. The number of allylic oxidation sites excluding steroid dienone is 2. The van der Waals surface area contributed by atoms with E-state index in [1.54, 1.807) is 18.3 Å². The van der Waals surface area contributed by atoms with Crippen molar-refractivity contribution < 1.29 is 19.4 Å². The maximum Gasteiger partial charge on any atom is 0.238 e. The Morgan fingerprint density at radius 1 is 0.915 bits per heavy atom. The average Bonchev–Trinajstić information content (AvgIpc) is 3.62. The van der Waals surface area contributed by atoms with Gasteiger partial charge in [-0.3, -0.25) is 19.5 Å². The second-order valence-electron chi connectivity index (χ2n) is 13.0. The van der Waals surface area contributed by atoms with Crippen LogP contribution in [0.1, 0.15) is 44.4 Å². The van der Waals surface area contributed by atoms with E-state index >= 15 is 0 Å². The van der Waals surface area contributed by atoms with Crippen molar-refractivity contribution in [3.8, 4) is 5.75 Å². The number of amides is 2. The van der Waals surface area contributed by atoms with Gasteiger partial charge in [-0.05, 0) is 109 Å². The topological polar surface area (TPSA) is 91.8 Å². The normalized spacial score (nSPS) is 22.5. The molecule has 3 heterocycles. The zero-order valence-corrected chi connectivity index (χ0v) is 26.7. The molecule has 3 aromatic carbocycles. The molecule has 47 heavy (non-hydrogen) atoms. The summed E-state index contributed by atoms with van der Waals surface area (Å²) in [7, 11) is 0. The molecule has 0 radical (unpaired) electrons. The summed E-state index contributed by atoms with van der Waals surface area (Å²) in [6.07, 6.45) is 5.82. The summed E-state index contributed by atoms with van der Waals surface area (Å²) in [6, 6.07) is 30.5. The molecule has 2 aliphatic heterocycles. The van der Waals surface area contributed by atoms with E-state index in [0.717, 1.165) is 41.0 Å². The number of aromatic hydroxyl groups is 1. The van der Waals surface area contributed by atoms with Crippen LogP contribution in [0, 0.1) is 23.7 Å². The molecule has 2 amide bonds. The van der Waals surface area contributed by atoms with Crippen molar-refractivity contribution in [2.24, 2.45) is 23.7 Å². The van der Waals surface area contributed by atoms with E-state index in [1.165, 1.54) is 16.0 Å². The predicted molar refractivity (Wildman–Crippen MR) is 185 cm³/mol. The van der Waals surface area contributed by atoms with E-state index in [9.17, 15) is 14.7 Å². The summed E-state index contributed by atoms with van der Waals surface area (Å²) in [5.41, 5.74) is 7.90. The Morgan fingerprint density at radius 3 is 2.34 bits per heavy atom. The molecule has 2 N–H and O–H groups in total. The van der Waals surface area contributed by atoms with Gasteiger partial charge in [-0.15, -0.1) is 0 Å². The fraction of sp³-hybridized carbons (Fsp3) is 0.275. The lowest BCUT2D eigenvalue weighted by atomic mass is 9.67. The van der Waals surface area contributed by atoms with Crippen LogP contribution >= 0.6 is 0 Å². The molecule has 0 spiro atoms. The summed E-state index contributed by atoms with van der Waals surface area (Å²) >= 11 is 0. The standard InChI is InChI=1S/C40H39N3O4/c1-25(2)32-23-33-38(40(46)43(39(33)45)30-16-14-29(15-17-30)42-28-8-4-3-5-9-28)34-24-47-36(37(32)34)20-13-27(35-10-6-7-21-41-35)22-26-11-18-31(44)19-12-26/h3-12,14-19,21-22,25,33-34,36,38,42,44H,13,20,23-24H2,1-2H3/b27-22-/t33-,34+,36-,38-/m1/s1. The summed E-state index contributed by atoms with van der Waals surface area (Å²) < 4.78 is 6.51. The van der Waals surface area contributed by atoms with Gasteiger partial charge in [-0.2, -0.15) is 0 Å². The lowest BCUT2D eigenvalue weighted by Gasteiger charge is -2.33. The van der Waals surface area contributed by atoms with E-state index in [-0.39, 0.29) is 41.4 Å². The summed E-state index contributed by atoms with van der Waals surface area (Å²) in [6.45, 7) is 4.79. The first kappa shape index (κ1) is 30.6. The van der Waals surface area contributed by atoms with Crippen LogP contribution in [0.4, 0.5) is 17.1 Å². The molecule has 2 saturated heterocycles. The van der Waals surface area contributed by atoms with Crippen LogP contribution in [0.5, 0.6) is 5.75 Å². The van der Waals surface area contributed by atoms with E-state index in [1.807, 2.05) is 84.9 Å². The number of para-hydroxylation sites is 1. The van der Waals surface area contributed by atoms with Gasteiger partial charge in [0.2, 0.25) is 11.8 Å². The largest absolute Gasteiger partial charge is 0.508 e. The van der Waals surface area contributed by atoms with Crippen molar-refractivity contribution in [2.75, 3.05) is 16.8 Å². The number of hydrogen-bond acceptors (Lipinski definition) is 6. The van der Waals surface area contributed by atoms with Crippen molar-refractivity contribution in [3.63, 3.8) is 0 Å². The Balaban J connectivity index is 1.12. The number of carbonyl (C=O) groups excluding carboxylic acids is 2. The Labute approximate surface area is 275 Å². The molecule has 3 aliphatic rings. The highest BCUT2D eigenvalue weighted by Gasteiger charge is 2.57. The van der Waals surface area contributed by atoms with Crippen molar-refractivity contribution >= 4 is 40.5 Å². The maximum atomic E-state index is 14.1. The third-order valence-corrected chi connectivity index (χ3v) is 9.73. The van der Waals surface area contributed by atoms with Gasteiger partial charge < -0.3 is 15.2 Å². The zero-order chi connectivity index (χ0) is 32.5. The van der Waals surface area contributed by atoms with Gasteiger partial charge in [-0.25, -0.2) is 0 Å². The van der Waals surface area contributed by atoms with Gasteiger partial charge in [0.05, 0.1) is 35.9 Å². The number of phenolic OH excluding ortho intramolecular Hbond substituents is 1. The number of hydrogen-bond donors (Lipinski definition) is 2. The lowest BCUT2D eigenvalue weighted by Crippen LogP contribution is -2.35. The SMILES string of the molecule is CC(C)C1=C2[C@@H](CC/C(=C/c3ccc(O)cc3)c3ccccn3)OC[C@@H]2[C@@H]2C(=O)N(c3ccc(Nc4ccccc4)cc3)C(=O)[C@@H]2C1. The Hall–Kier alpha value is -5.01. The lowest BCUT2D eigenvalue weighted by molar-refractivity contribution is -0.122. The Morgan fingerprint density at radius 2 is 1.64 bits per heavy atom. The molecule has 4 aromatic rings. The van der Waals surface area contributed by atoms with E-state index < -0.39 is 5.92 Å². The summed E-state index contributed by atoms with van der Waals surface area (Å²) in [5, 5.41) is 13.1. The molecular formula is C40H39N3O4. The number of nitrogens with zero attached hydrogens (tertiary/aromatic N) is 2. The molecule has 2 fully saturated rings.